The van der Waals surface area contributed by atoms with Gasteiger partial charge in [-0.1, -0.05) is 12.1 Å². The molecule has 3 rings (SSSR count). The number of carbonyl (C=O) groups excluding carboxylic acids is 2. The first kappa shape index (κ1) is 22.8. The lowest BCUT2D eigenvalue weighted by atomic mass is 10.00. The van der Waals surface area contributed by atoms with E-state index < -0.39 is 39.3 Å². The molecule has 0 saturated carbocycles. The second-order valence-electron chi connectivity index (χ2n) is 7.07. The maximum absolute atomic E-state index is 12.7. The normalized spacial score (nSPS) is 17.1. The van der Waals surface area contributed by atoms with Crippen molar-refractivity contribution in [3.8, 4) is 0 Å². The van der Waals surface area contributed by atoms with Crippen molar-refractivity contribution in [2.24, 2.45) is 5.92 Å². The topological polar surface area (TPSA) is 136 Å². The van der Waals surface area contributed by atoms with E-state index in [1.807, 2.05) is 0 Å². The van der Waals surface area contributed by atoms with E-state index in [2.05, 4.69) is 5.32 Å². The summed E-state index contributed by atoms with van der Waals surface area (Å²) in [6.07, 6.45) is 0.937. The molecule has 1 fully saturated rings. The standard InChI is InChI=1S/C19H21N3O7S2/c1-13-6-7-15(16(10-13)22(25)26)20-17(23)12-29-19(24)14-4-2-8-21(11-14)31(27,28)18-5-3-9-30-18/h3,5-7,9-10,14H,2,4,8,11-12H2,1H3,(H,20,23). The molecule has 166 valence electrons. The Hall–Kier alpha value is -2.83. The van der Waals surface area contributed by atoms with Gasteiger partial charge in [-0.05, 0) is 42.8 Å². The first-order valence-corrected chi connectivity index (χ1v) is 11.8. The Morgan fingerprint density at radius 1 is 1.35 bits per heavy atom. The highest BCUT2D eigenvalue weighted by Crippen LogP contribution is 2.27. The van der Waals surface area contributed by atoms with Crippen LogP contribution in [-0.4, -0.2) is 49.2 Å². The predicted molar refractivity (Wildman–Crippen MR) is 113 cm³/mol. The Labute approximate surface area is 183 Å². The number of anilines is 1. The van der Waals surface area contributed by atoms with Gasteiger partial charge in [0.2, 0.25) is 0 Å². The Bertz CT molecular complexity index is 1080. The summed E-state index contributed by atoms with van der Waals surface area (Å²) in [5.74, 6) is -2.09. The van der Waals surface area contributed by atoms with E-state index in [0.29, 0.717) is 24.9 Å². The van der Waals surface area contributed by atoms with Crippen molar-refractivity contribution >= 4 is 44.6 Å². The van der Waals surface area contributed by atoms with Gasteiger partial charge in [-0.25, -0.2) is 8.42 Å². The average Bonchev–Trinajstić information content (AvgIpc) is 3.29. The summed E-state index contributed by atoms with van der Waals surface area (Å²) >= 11 is 1.11. The first-order valence-electron chi connectivity index (χ1n) is 9.43. The summed E-state index contributed by atoms with van der Waals surface area (Å²) < 4.78 is 31.8. The number of ether oxygens (including phenoxy) is 1. The molecule has 1 aliphatic rings. The summed E-state index contributed by atoms with van der Waals surface area (Å²) in [7, 11) is -3.67. The van der Waals surface area contributed by atoms with Crippen molar-refractivity contribution < 1.29 is 27.7 Å². The van der Waals surface area contributed by atoms with Crippen LogP contribution >= 0.6 is 11.3 Å². The molecule has 0 spiro atoms. The Morgan fingerprint density at radius 3 is 2.81 bits per heavy atom. The Balaban J connectivity index is 1.57. The van der Waals surface area contributed by atoms with Crippen molar-refractivity contribution in [3.05, 3.63) is 51.4 Å². The van der Waals surface area contributed by atoms with Gasteiger partial charge in [-0.3, -0.25) is 19.7 Å². The highest BCUT2D eigenvalue weighted by atomic mass is 32.2. The van der Waals surface area contributed by atoms with Gasteiger partial charge < -0.3 is 10.1 Å². The summed E-state index contributed by atoms with van der Waals surface area (Å²) in [6, 6.07) is 7.49. The largest absolute Gasteiger partial charge is 0.455 e. The van der Waals surface area contributed by atoms with Crippen molar-refractivity contribution in [3.63, 3.8) is 0 Å². The van der Waals surface area contributed by atoms with Crippen LogP contribution in [0.3, 0.4) is 0 Å². The number of thiophene rings is 1. The Morgan fingerprint density at radius 2 is 2.13 bits per heavy atom. The molecule has 1 aromatic carbocycles. The fraction of sp³-hybridized carbons (Fsp3) is 0.368. The number of rotatable bonds is 7. The van der Waals surface area contributed by atoms with Crippen LogP contribution in [0.5, 0.6) is 0 Å². The number of piperidine rings is 1. The highest BCUT2D eigenvalue weighted by Gasteiger charge is 2.34. The minimum absolute atomic E-state index is 0.00234. The van der Waals surface area contributed by atoms with Crippen LogP contribution < -0.4 is 5.32 Å². The monoisotopic (exact) mass is 467 g/mol. The quantitative estimate of drug-likeness (QED) is 0.375. The van der Waals surface area contributed by atoms with Crippen molar-refractivity contribution in [2.75, 3.05) is 25.0 Å². The highest BCUT2D eigenvalue weighted by molar-refractivity contribution is 7.91. The molecule has 31 heavy (non-hydrogen) atoms. The predicted octanol–water partition coefficient (Wildman–Crippen LogP) is 2.55. The minimum atomic E-state index is -3.67. The van der Waals surface area contributed by atoms with Crippen LogP contribution in [0.15, 0.2) is 39.9 Å². The number of carbonyl (C=O) groups is 2. The lowest BCUT2D eigenvalue weighted by Crippen LogP contribution is -2.42. The number of nitro benzene ring substituents is 1. The zero-order chi connectivity index (χ0) is 22.6. The lowest BCUT2D eigenvalue weighted by Gasteiger charge is -2.30. The smallest absolute Gasteiger partial charge is 0.310 e. The van der Waals surface area contributed by atoms with Gasteiger partial charge in [0.15, 0.2) is 6.61 Å². The summed E-state index contributed by atoms with van der Waals surface area (Å²) in [6.45, 7) is 1.34. The molecule has 0 bridgehead atoms. The van der Waals surface area contributed by atoms with Gasteiger partial charge in [0, 0.05) is 19.2 Å². The number of sulfonamides is 1. The molecular formula is C19H21N3O7S2. The molecule has 1 atom stereocenters. The van der Waals surface area contributed by atoms with Gasteiger partial charge in [0.25, 0.3) is 21.6 Å². The third-order valence-electron chi connectivity index (χ3n) is 4.78. The minimum Gasteiger partial charge on any atom is -0.455 e. The Kier molecular flexibility index (Phi) is 7.03. The van der Waals surface area contributed by atoms with E-state index in [1.54, 1.807) is 24.4 Å². The van der Waals surface area contributed by atoms with Crippen LogP contribution in [0.1, 0.15) is 18.4 Å². The maximum Gasteiger partial charge on any atom is 0.310 e. The number of nitro groups is 1. The van der Waals surface area contributed by atoms with Gasteiger partial charge in [0.1, 0.15) is 9.90 Å². The zero-order valence-corrected chi connectivity index (χ0v) is 18.3. The molecule has 1 aliphatic heterocycles. The van der Waals surface area contributed by atoms with Gasteiger partial charge in [-0.15, -0.1) is 11.3 Å². The van der Waals surface area contributed by atoms with Crippen LogP contribution in [0.4, 0.5) is 11.4 Å². The molecule has 1 saturated heterocycles. The second kappa shape index (κ2) is 9.54. The van der Waals surface area contributed by atoms with E-state index >= 15 is 0 Å². The van der Waals surface area contributed by atoms with E-state index in [1.165, 1.54) is 22.5 Å². The molecular weight excluding hydrogens is 446 g/mol. The number of hydrogen-bond acceptors (Lipinski definition) is 8. The summed E-state index contributed by atoms with van der Waals surface area (Å²) in [5, 5.41) is 15.2. The third kappa shape index (κ3) is 5.46. The van der Waals surface area contributed by atoms with E-state index in [0.717, 1.165) is 11.3 Å². The molecule has 1 amide bonds. The van der Waals surface area contributed by atoms with Crippen LogP contribution in [0.25, 0.3) is 0 Å². The van der Waals surface area contributed by atoms with Crippen molar-refractivity contribution in [1.29, 1.82) is 0 Å². The number of esters is 1. The SMILES string of the molecule is Cc1ccc(NC(=O)COC(=O)C2CCCN(S(=O)(=O)c3cccs3)C2)c([N+](=O)[O-])c1. The zero-order valence-electron chi connectivity index (χ0n) is 16.6. The second-order valence-corrected chi connectivity index (χ2v) is 10.2. The molecule has 1 aromatic heterocycles. The number of aryl methyl sites for hydroxylation is 1. The lowest BCUT2D eigenvalue weighted by molar-refractivity contribution is -0.384. The number of amides is 1. The van der Waals surface area contributed by atoms with E-state index in [-0.39, 0.29) is 22.1 Å². The molecule has 0 aliphatic carbocycles. The molecule has 1 unspecified atom stereocenters. The molecule has 10 nitrogen and oxygen atoms in total. The fourth-order valence-electron chi connectivity index (χ4n) is 3.23. The van der Waals surface area contributed by atoms with Gasteiger partial charge in [0.05, 0.1) is 10.8 Å². The molecule has 1 N–H and O–H groups in total. The van der Waals surface area contributed by atoms with Crippen LogP contribution in [-0.2, 0) is 24.3 Å². The summed E-state index contributed by atoms with van der Waals surface area (Å²) in [4.78, 5) is 35.1. The van der Waals surface area contributed by atoms with Gasteiger partial charge >= 0.3 is 5.97 Å². The first-order chi connectivity index (χ1) is 14.7. The maximum atomic E-state index is 12.7. The van der Waals surface area contributed by atoms with Gasteiger partial charge in [-0.2, -0.15) is 4.31 Å². The number of hydrogen-bond donors (Lipinski definition) is 1. The molecule has 2 aromatic rings. The summed E-state index contributed by atoms with van der Waals surface area (Å²) in [5.41, 5.74) is 0.402. The molecule has 12 heteroatoms. The van der Waals surface area contributed by atoms with E-state index in [9.17, 15) is 28.1 Å². The molecule has 2 heterocycles. The number of nitrogens with zero attached hydrogens (tertiary/aromatic N) is 2. The van der Waals surface area contributed by atoms with Crippen molar-refractivity contribution in [2.45, 2.75) is 24.0 Å². The van der Waals surface area contributed by atoms with Crippen LogP contribution in [0.2, 0.25) is 0 Å². The molecule has 0 radical (unpaired) electrons. The van der Waals surface area contributed by atoms with Crippen LogP contribution in [0, 0.1) is 23.0 Å². The average molecular weight is 468 g/mol. The number of nitrogens with one attached hydrogen (secondary N) is 1. The number of benzene rings is 1. The van der Waals surface area contributed by atoms with Crippen molar-refractivity contribution in [1.82, 2.24) is 4.31 Å². The fourth-order valence-corrected chi connectivity index (χ4v) is 5.90. The third-order valence-corrected chi connectivity index (χ3v) is 8.01. The van der Waals surface area contributed by atoms with E-state index in [4.69, 9.17) is 4.74 Å².